The molecule has 4 N–H and O–H groups in total. The lowest BCUT2D eigenvalue weighted by molar-refractivity contribution is 0.0694. The Morgan fingerprint density at radius 2 is 1.83 bits per heavy atom. The molecule has 1 fully saturated rings. The zero-order chi connectivity index (χ0) is 26.2. The van der Waals surface area contributed by atoms with Gasteiger partial charge in [0.2, 0.25) is 5.43 Å². The number of hydrogen-bond acceptors (Lipinski definition) is 6. The summed E-state index contributed by atoms with van der Waals surface area (Å²) < 4.78 is 60.4. The Hall–Kier alpha value is -3.35. The van der Waals surface area contributed by atoms with Crippen molar-refractivity contribution in [3.05, 3.63) is 69.5 Å². The fourth-order valence-corrected chi connectivity index (χ4v) is 4.27. The monoisotopic (exact) mass is 509 g/mol. The van der Waals surface area contributed by atoms with Crippen LogP contribution in [-0.4, -0.2) is 47.2 Å². The molecule has 1 aliphatic rings. The number of hydrogen-bond donors (Lipinski definition) is 3. The predicted octanol–water partition coefficient (Wildman–Crippen LogP) is 2.78. The van der Waals surface area contributed by atoms with Crippen molar-refractivity contribution in [2.75, 3.05) is 11.4 Å². The number of aromatic carboxylic acids is 1. The summed E-state index contributed by atoms with van der Waals surface area (Å²) in [5, 5.41) is 8.83. The average molecular weight is 510 g/mol. The van der Waals surface area contributed by atoms with Crippen LogP contribution < -0.4 is 16.1 Å². The molecule has 35 heavy (non-hydrogen) atoms. The number of aryl methyl sites for hydroxylation is 2. The first kappa shape index (κ1) is 26.3. The van der Waals surface area contributed by atoms with Crippen molar-refractivity contribution in [2.24, 2.45) is 5.73 Å². The lowest BCUT2D eigenvalue weighted by Crippen LogP contribution is -2.63. The van der Waals surface area contributed by atoms with Crippen molar-refractivity contribution in [3.63, 3.8) is 0 Å². The summed E-state index contributed by atoms with van der Waals surface area (Å²) in [7, 11) is -4.02. The highest BCUT2D eigenvalue weighted by atomic mass is 32.2. The van der Waals surface area contributed by atoms with Crippen LogP contribution in [0, 0.1) is 18.6 Å². The number of anilines is 1. The van der Waals surface area contributed by atoms with Crippen molar-refractivity contribution >= 4 is 32.7 Å². The van der Waals surface area contributed by atoms with E-state index in [1.807, 2.05) is 6.92 Å². The number of nitrogens with two attached hydrogens (primary N) is 1. The molecule has 12 heteroatoms. The van der Waals surface area contributed by atoms with Gasteiger partial charge >= 0.3 is 5.97 Å². The standard InChI is InChI=1S/C16H17F2N3O3.C7H8O3S/c1-3-20-5-9(16(23)24)15(22)8-4-10(17)14(12(18)13(8)20)21-6-11(19)7(21)2;1-6-2-4-7(5-3-6)11(8,9)10/h4-5,7,11H,3,6,19H2,1-2H3,(H,23,24);2-5H,1H3,(H,8,9,10). The summed E-state index contributed by atoms with van der Waals surface area (Å²) in [5.74, 6) is -3.21. The maximum absolute atomic E-state index is 15.0. The van der Waals surface area contributed by atoms with Crippen LogP contribution in [0.25, 0.3) is 10.9 Å². The molecule has 3 aromatic rings. The Morgan fingerprint density at radius 1 is 1.23 bits per heavy atom. The molecule has 9 nitrogen and oxygen atoms in total. The topological polar surface area (TPSA) is 143 Å². The van der Waals surface area contributed by atoms with E-state index < -0.39 is 38.7 Å². The molecule has 0 radical (unpaired) electrons. The van der Waals surface area contributed by atoms with Gasteiger partial charge in [-0.05, 0) is 39.0 Å². The van der Waals surface area contributed by atoms with Crippen LogP contribution in [0.3, 0.4) is 0 Å². The molecule has 1 saturated heterocycles. The van der Waals surface area contributed by atoms with Gasteiger partial charge in [0.15, 0.2) is 5.82 Å². The second-order valence-electron chi connectivity index (χ2n) is 8.23. The first-order valence-corrected chi connectivity index (χ1v) is 12.1. The summed E-state index contributed by atoms with van der Waals surface area (Å²) in [6, 6.07) is 6.49. The minimum atomic E-state index is -4.02. The number of rotatable bonds is 4. The van der Waals surface area contributed by atoms with Crippen molar-refractivity contribution in [2.45, 2.75) is 44.3 Å². The van der Waals surface area contributed by atoms with Crippen LogP contribution in [0.1, 0.15) is 29.8 Å². The van der Waals surface area contributed by atoms with E-state index in [2.05, 4.69) is 0 Å². The Labute approximate surface area is 200 Å². The molecule has 2 heterocycles. The van der Waals surface area contributed by atoms with E-state index in [0.29, 0.717) is 6.54 Å². The van der Waals surface area contributed by atoms with E-state index in [-0.39, 0.29) is 40.1 Å². The molecule has 0 spiro atoms. The highest BCUT2D eigenvalue weighted by Gasteiger charge is 2.37. The van der Waals surface area contributed by atoms with Gasteiger partial charge < -0.3 is 20.3 Å². The Kier molecular flexibility index (Phi) is 7.29. The smallest absolute Gasteiger partial charge is 0.341 e. The quantitative estimate of drug-likeness (QED) is 0.456. The van der Waals surface area contributed by atoms with Crippen molar-refractivity contribution in [3.8, 4) is 0 Å². The van der Waals surface area contributed by atoms with Gasteiger partial charge in [-0.25, -0.2) is 13.6 Å². The van der Waals surface area contributed by atoms with Crippen LogP contribution in [0.15, 0.2) is 46.2 Å². The minimum Gasteiger partial charge on any atom is -0.477 e. The second-order valence-corrected chi connectivity index (χ2v) is 9.65. The van der Waals surface area contributed by atoms with Gasteiger partial charge in [-0.3, -0.25) is 9.35 Å². The summed E-state index contributed by atoms with van der Waals surface area (Å²) >= 11 is 0. The average Bonchev–Trinajstić information content (AvgIpc) is 2.78. The Morgan fingerprint density at radius 3 is 2.29 bits per heavy atom. The SMILES string of the molecule is CCn1cc(C(=O)O)c(=O)c2cc(F)c(N3CC(N)C3C)c(F)c21.Cc1ccc(S(=O)(=O)O)cc1. The summed E-state index contributed by atoms with van der Waals surface area (Å²) in [6.45, 7) is 5.82. The number of halogens is 2. The number of benzene rings is 2. The highest BCUT2D eigenvalue weighted by Crippen LogP contribution is 2.34. The Balaban J connectivity index is 0.000000261. The molecule has 0 bridgehead atoms. The van der Waals surface area contributed by atoms with Gasteiger partial charge in [-0.15, -0.1) is 0 Å². The summed E-state index contributed by atoms with van der Waals surface area (Å²) in [4.78, 5) is 24.9. The molecular formula is C23H25F2N3O6S. The highest BCUT2D eigenvalue weighted by molar-refractivity contribution is 7.85. The first-order valence-electron chi connectivity index (χ1n) is 10.6. The van der Waals surface area contributed by atoms with Gasteiger partial charge in [0.05, 0.1) is 15.8 Å². The van der Waals surface area contributed by atoms with Crippen molar-refractivity contribution in [1.29, 1.82) is 0 Å². The molecule has 188 valence electrons. The van der Waals surface area contributed by atoms with Crippen molar-refractivity contribution in [1.82, 2.24) is 4.57 Å². The number of carbonyl (C=O) groups is 1. The third-order valence-corrected chi connectivity index (χ3v) is 6.79. The second kappa shape index (κ2) is 9.72. The number of fused-ring (bicyclic) bond motifs is 1. The van der Waals surface area contributed by atoms with Gasteiger partial charge in [-0.1, -0.05) is 17.7 Å². The van der Waals surface area contributed by atoms with E-state index in [9.17, 15) is 22.4 Å². The number of pyridine rings is 1. The molecule has 2 unspecified atom stereocenters. The Bertz CT molecular complexity index is 1460. The fourth-order valence-electron chi connectivity index (χ4n) is 3.79. The van der Waals surface area contributed by atoms with E-state index in [1.165, 1.54) is 21.6 Å². The third kappa shape index (κ3) is 5.04. The normalized spacial score (nSPS) is 17.5. The molecule has 4 rings (SSSR count). The van der Waals surface area contributed by atoms with Crippen LogP contribution >= 0.6 is 0 Å². The third-order valence-electron chi connectivity index (χ3n) is 5.93. The van der Waals surface area contributed by atoms with Gasteiger partial charge in [0.1, 0.15) is 17.1 Å². The van der Waals surface area contributed by atoms with Gasteiger partial charge in [0.25, 0.3) is 10.1 Å². The molecule has 0 amide bonds. The molecule has 2 atom stereocenters. The fraction of sp³-hybridized carbons (Fsp3) is 0.304. The van der Waals surface area contributed by atoms with Crippen LogP contribution in [0.4, 0.5) is 14.5 Å². The minimum absolute atomic E-state index is 0.0666. The number of nitrogens with zero attached hydrogens (tertiary/aromatic N) is 2. The van der Waals surface area contributed by atoms with Crippen molar-refractivity contribution < 1.29 is 31.7 Å². The van der Waals surface area contributed by atoms with E-state index in [0.717, 1.165) is 17.8 Å². The van der Waals surface area contributed by atoms with E-state index >= 15 is 4.39 Å². The number of aromatic nitrogens is 1. The van der Waals surface area contributed by atoms with Gasteiger partial charge in [0, 0.05) is 31.4 Å². The molecule has 1 aliphatic heterocycles. The lowest BCUT2D eigenvalue weighted by atomic mass is 9.97. The zero-order valence-corrected chi connectivity index (χ0v) is 20.0. The van der Waals surface area contributed by atoms with E-state index in [1.54, 1.807) is 26.0 Å². The summed E-state index contributed by atoms with van der Waals surface area (Å²) in [6.07, 6.45) is 1.09. The van der Waals surface area contributed by atoms with Gasteiger partial charge in [-0.2, -0.15) is 8.42 Å². The molecule has 0 aliphatic carbocycles. The molecule has 2 aromatic carbocycles. The largest absolute Gasteiger partial charge is 0.477 e. The number of carboxylic acid groups (broad SMARTS) is 1. The summed E-state index contributed by atoms with van der Waals surface area (Å²) in [5.41, 5.74) is 4.99. The molecule has 0 saturated carbocycles. The molecule has 1 aromatic heterocycles. The first-order chi connectivity index (χ1) is 16.3. The number of carboxylic acids is 1. The predicted molar refractivity (Wildman–Crippen MR) is 127 cm³/mol. The maximum Gasteiger partial charge on any atom is 0.341 e. The van der Waals surface area contributed by atoms with Crippen LogP contribution in [-0.2, 0) is 16.7 Å². The van der Waals surface area contributed by atoms with E-state index in [4.69, 9.17) is 15.4 Å². The van der Waals surface area contributed by atoms with Crippen LogP contribution in [0.5, 0.6) is 0 Å². The zero-order valence-electron chi connectivity index (χ0n) is 19.2. The lowest BCUT2D eigenvalue weighted by Gasteiger charge is -2.46. The van der Waals surface area contributed by atoms with Crippen LogP contribution in [0.2, 0.25) is 0 Å². The molecular weight excluding hydrogens is 484 g/mol. The maximum atomic E-state index is 15.0.